The molecule has 1 aliphatic rings. The topological polar surface area (TPSA) is 20.3 Å². The first-order valence-corrected chi connectivity index (χ1v) is 3.72. The van der Waals surface area contributed by atoms with Gasteiger partial charge in [-0.25, -0.2) is 4.39 Å². The minimum Gasteiger partial charge on any atom is -0.312 e. The number of nitrogens with zero attached hydrogens (tertiary/aromatic N) is 1. The molecular weight excluding hydrogens is 157 g/mol. The van der Waals surface area contributed by atoms with Crippen LogP contribution >= 0.6 is 0 Å². The Morgan fingerprint density at radius 1 is 1.42 bits per heavy atom. The van der Waals surface area contributed by atoms with Gasteiger partial charge in [-0.15, -0.1) is 0 Å². The van der Waals surface area contributed by atoms with Crippen molar-refractivity contribution in [2.24, 2.45) is 0 Å². The zero-order valence-electron chi connectivity index (χ0n) is 6.62. The lowest BCUT2D eigenvalue weighted by Crippen LogP contribution is -2.22. The van der Waals surface area contributed by atoms with Crippen molar-refractivity contribution in [1.29, 1.82) is 0 Å². The van der Waals surface area contributed by atoms with Gasteiger partial charge in [0.15, 0.2) is 0 Å². The summed E-state index contributed by atoms with van der Waals surface area (Å²) < 4.78 is 13.2. The molecule has 1 amide bonds. The highest BCUT2D eigenvalue weighted by Gasteiger charge is 2.34. The second kappa shape index (κ2) is 2.30. The van der Waals surface area contributed by atoms with Crippen LogP contribution in [-0.2, 0) is 4.79 Å². The summed E-state index contributed by atoms with van der Waals surface area (Å²) in [5.74, 6) is -0.476. The number of hydrogen-bond acceptors (Lipinski definition) is 1. The highest BCUT2D eigenvalue weighted by atomic mass is 19.1. The van der Waals surface area contributed by atoms with Gasteiger partial charge >= 0.3 is 0 Å². The summed E-state index contributed by atoms with van der Waals surface area (Å²) in [5, 5.41) is 0. The molecule has 0 spiro atoms. The van der Waals surface area contributed by atoms with Gasteiger partial charge in [-0.3, -0.25) is 4.79 Å². The summed E-state index contributed by atoms with van der Waals surface area (Å²) in [5.41, 5.74) is 1.15. The average Bonchev–Trinajstić information content (AvgIpc) is 2.33. The predicted molar refractivity (Wildman–Crippen MR) is 43.7 cm³/mol. The number of amides is 1. The van der Waals surface area contributed by atoms with Gasteiger partial charge in [0.05, 0.1) is 5.69 Å². The highest BCUT2D eigenvalue weighted by Crippen LogP contribution is 2.36. The maximum absolute atomic E-state index is 13.2. The van der Waals surface area contributed by atoms with Crippen LogP contribution in [0.15, 0.2) is 24.3 Å². The SMILES string of the molecule is CN1C(=O)C(F)c2ccccc21. The van der Waals surface area contributed by atoms with Crippen LogP contribution in [0.1, 0.15) is 11.7 Å². The second-order valence-electron chi connectivity index (χ2n) is 2.82. The molecule has 1 heterocycles. The molecule has 62 valence electrons. The van der Waals surface area contributed by atoms with Crippen molar-refractivity contribution in [3.8, 4) is 0 Å². The molecule has 0 fully saturated rings. The minimum absolute atomic E-state index is 0.476. The lowest BCUT2D eigenvalue weighted by atomic mass is 10.1. The van der Waals surface area contributed by atoms with E-state index in [-0.39, 0.29) is 0 Å². The molecule has 0 saturated heterocycles. The molecule has 3 heteroatoms. The third kappa shape index (κ3) is 0.763. The first-order valence-electron chi connectivity index (χ1n) is 3.72. The Morgan fingerprint density at radius 3 is 2.75 bits per heavy atom. The highest BCUT2D eigenvalue weighted by molar-refractivity contribution is 6.03. The number of halogens is 1. The minimum atomic E-state index is -1.47. The van der Waals surface area contributed by atoms with Crippen molar-refractivity contribution in [3.05, 3.63) is 29.8 Å². The largest absolute Gasteiger partial charge is 0.312 e. The lowest BCUT2D eigenvalue weighted by Gasteiger charge is -2.07. The molecule has 1 aromatic carbocycles. The molecule has 0 aliphatic carbocycles. The Morgan fingerprint density at radius 2 is 2.08 bits per heavy atom. The molecule has 1 aromatic rings. The molecule has 1 aliphatic heterocycles. The van der Waals surface area contributed by atoms with E-state index in [4.69, 9.17) is 0 Å². The van der Waals surface area contributed by atoms with Gasteiger partial charge in [-0.1, -0.05) is 18.2 Å². The summed E-state index contributed by atoms with van der Waals surface area (Å²) in [7, 11) is 1.58. The number of benzene rings is 1. The van der Waals surface area contributed by atoms with Crippen molar-refractivity contribution in [2.75, 3.05) is 11.9 Å². The predicted octanol–water partition coefficient (Wildman–Crippen LogP) is 1.67. The normalized spacial score (nSPS) is 21.3. The number of carbonyl (C=O) groups is 1. The Balaban J connectivity index is 2.59. The summed E-state index contributed by atoms with van der Waals surface area (Å²) in [6, 6.07) is 6.91. The molecule has 0 aromatic heterocycles. The number of rotatable bonds is 0. The van der Waals surface area contributed by atoms with Gasteiger partial charge in [0, 0.05) is 12.6 Å². The van der Waals surface area contributed by atoms with Crippen LogP contribution in [0, 0.1) is 0 Å². The summed E-state index contributed by atoms with van der Waals surface area (Å²) in [4.78, 5) is 12.5. The van der Waals surface area contributed by atoms with E-state index in [2.05, 4.69) is 0 Å². The fourth-order valence-corrected chi connectivity index (χ4v) is 1.43. The quantitative estimate of drug-likeness (QED) is 0.572. The van der Waals surface area contributed by atoms with Crippen LogP contribution in [0.4, 0.5) is 10.1 Å². The smallest absolute Gasteiger partial charge is 0.266 e. The van der Waals surface area contributed by atoms with E-state index in [9.17, 15) is 9.18 Å². The molecule has 12 heavy (non-hydrogen) atoms. The Labute approximate surface area is 69.6 Å². The summed E-state index contributed by atoms with van der Waals surface area (Å²) in [6.07, 6.45) is -1.47. The van der Waals surface area contributed by atoms with E-state index >= 15 is 0 Å². The van der Waals surface area contributed by atoms with Gasteiger partial charge in [-0.2, -0.15) is 0 Å². The van der Waals surface area contributed by atoms with E-state index < -0.39 is 12.1 Å². The molecule has 2 nitrogen and oxygen atoms in total. The second-order valence-corrected chi connectivity index (χ2v) is 2.82. The molecule has 1 atom stereocenters. The Bertz CT molecular complexity index is 306. The maximum atomic E-state index is 13.2. The van der Waals surface area contributed by atoms with Crippen molar-refractivity contribution < 1.29 is 9.18 Å². The third-order valence-electron chi connectivity index (χ3n) is 2.12. The van der Waals surface area contributed by atoms with E-state index in [1.165, 1.54) is 4.90 Å². The van der Waals surface area contributed by atoms with Crippen molar-refractivity contribution in [2.45, 2.75) is 6.17 Å². The average molecular weight is 165 g/mol. The molecule has 0 radical (unpaired) electrons. The number of likely N-dealkylation sites (N-methyl/N-ethyl adjacent to an activating group) is 1. The van der Waals surface area contributed by atoms with Crippen molar-refractivity contribution in [3.63, 3.8) is 0 Å². The summed E-state index contributed by atoms with van der Waals surface area (Å²) >= 11 is 0. The monoisotopic (exact) mass is 165 g/mol. The van der Waals surface area contributed by atoms with E-state index in [0.717, 1.165) is 0 Å². The Kier molecular flexibility index (Phi) is 1.40. The maximum Gasteiger partial charge on any atom is 0.266 e. The van der Waals surface area contributed by atoms with Gasteiger partial charge < -0.3 is 4.90 Å². The van der Waals surface area contributed by atoms with Gasteiger partial charge in [0.1, 0.15) is 0 Å². The number of fused-ring (bicyclic) bond motifs is 1. The van der Waals surface area contributed by atoms with Crippen LogP contribution in [0.2, 0.25) is 0 Å². The molecular formula is C9H8FNO. The summed E-state index contributed by atoms with van der Waals surface area (Å²) in [6.45, 7) is 0. The van der Waals surface area contributed by atoms with Crippen LogP contribution in [-0.4, -0.2) is 13.0 Å². The first kappa shape index (κ1) is 7.28. The zero-order valence-corrected chi connectivity index (χ0v) is 6.62. The van der Waals surface area contributed by atoms with Crippen LogP contribution in [0.5, 0.6) is 0 Å². The Hall–Kier alpha value is -1.38. The molecule has 0 bridgehead atoms. The van der Waals surface area contributed by atoms with Crippen molar-refractivity contribution >= 4 is 11.6 Å². The molecule has 0 N–H and O–H groups in total. The van der Waals surface area contributed by atoms with Gasteiger partial charge in [0.25, 0.3) is 5.91 Å². The fourth-order valence-electron chi connectivity index (χ4n) is 1.43. The van der Waals surface area contributed by atoms with Gasteiger partial charge in [0.2, 0.25) is 6.17 Å². The number of anilines is 1. The molecule has 1 unspecified atom stereocenters. The molecule has 0 saturated carbocycles. The van der Waals surface area contributed by atoms with Crippen LogP contribution in [0.25, 0.3) is 0 Å². The van der Waals surface area contributed by atoms with Crippen LogP contribution in [0.3, 0.4) is 0 Å². The number of hydrogen-bond donors (Lipinski definition) is 0. The standard InChI is InChI=1S/C9H8FNO/c1-11-7-5-3-2-4-6(7)8(10)9(11)12/h2-5,8H,1H3. The third-order valence-corrected chi connectivity index (χ3v) is 2.12. The van der Waals surface area contributed by atoms with E-state index in [1.807, 2.05) is 0 Å². The lowest BCUT2D eigenvalue weighted by molar-refractivity contribution is -0.122. The number of alkyl halides is 1. The van der Waals surface area contributed by atoms with Gasteiger partial charge in [-0.05, 0) is 6.07 Å². The van der Waals surface area contributed by atoms with Crippen molar-refractivity contribution in [1.82, 2.24) is 0 Å². The zero-order chi connectivity index (χ0) is 8.72. The van der Waals surface area contributed by atoms with Crippen LogP contribution < -0.4 is 4.90 Å². The fraction of sp³-hybridized carbons (Fsp3) is 0.222. The molecule has 2 rings (SSSR count). The number of para-hydroxylation sites is 1. The first-order chi connectivity index (χ1) is 5.72. The van der Waals surface area contributed by atoms with E-state index in [1.54, 1.807) is 31.3 Å². The number of carbonyl (C=O) groups excluding carboxylic acids is 1. The van der Waals surface area contributed by atoms with E-state index in [0.29, 0.717) is 11.3 Å².